The van der Waals surface area contributed by atoms with Crippen LogP contribution < -0.4 is 24.4 Å². The number of anilines is 2. The van der Waals surface area contributed by atoms with Crippen LogP contribution in [0.4, 0.5) is 15.8 Å². The van der Waals surface area contributed by atoms with Gasteiger partial charge in [-0.1, -0.05) is 17.7 Å². The van der Waals surface area contributed by atoms with E-state index in [0.29, 0.717) is 12.2 Å². The van der Waals surface area contributed by atoms with Gasteiger partial charge in [0.05, 0.1) is 25.4 Å². The molecule has 4 rings (SSSR count). The van der Waals surface area contributed by atoms with Crippen molar-refractivity contribution in [3.05, 3.63) is 59.0 Å². The van der Waals surface area contributed by atoms with Gasteiger partial charge < -0.3 is 25.2 Å². The third kappa shape index (κ3) is 6.37. The molecule has 1 aliphatic rings. The highest BCUT2D eigenvalue weighted by molar-refractivity contribution is 7.93. The lowest BCUT2D eigenvalue weighted by molar-refractivity contribution is -0.119. The van der Waals surface area contributed by atoms with E-state index in [9.17, 15) is 22.7 Å². The van der Waals surface area contributed by atoms with Crippen LogP contribution in [-0.2, 0) is 27.9 Å². The molecule has 2 heterocycles. The molecule has 0 fully saturated rings. The molecule has 0 radical (unpaired) electrons. The molecule has 1 aromatic heterocycles. The van der Waals surface area contributed by atoms with Crippen molar-refractivity contribution >= 4 is 38.9 Å². The lowest BCUT2D eigenvalue weighted by atomic mass is 10.1. The molecule has 0 unspecified atom stereocenters. The summed E-state index contributed by atoms with van der Waals surface area (Å²) in [5.74, 6) is -0.616. The minimum Gasteiger partial charge on any atom is -0.484 e. The number of hydrogen-bond acceptors (Lipinski definition) is 8. The number of carbonyl (C=O) groups is 1. The molecule has 39 heavy (non-hydrogen) atoms. The maximum Gasteiger partial charge on any atom is 0.271 e. The number of aliphatic hydroxyl groups excluding tert-OH is 1. The maximum atomic E-state index is 14.3. The van der Waals surface area contributed by atoms with Gasteiger partial charge in [0, 0.05) is 42.5 Å². The molecular weight excluding hydrogens is 553 g/mol. The number of aromatic nitrogens is 2. The first-order valence-corrected chi connectivity index (χ1v) is 14.0. The summed E-state index contributed by atoms with van der Waals surface area (Å²) in [4.78, 5) is 11.3. The number of halogens is 2. The Labute approximate surface area is 230 Å². The van der Waals surface area contributed by atoms with E-state index in [4.69, 9.17) is 21.1 Å². The number of aliphatic hydroxyl groups is 1. The van der Waals surface area contributed by atoms with E-state index < -0.39 is 21.9 Å². The second-order valence-electron chi connectivity index (χ2n) is 8.68. The predicted octanol–water partition coefficient (Wildman–Crippen LogP) is 2.77. The summed E-state index contributed by atoms with van der Waals surface area (Å²) in [5.41, 5.74) is 1.000. The van der Waals surface area contributed by atoms with E-state index in [1.807, 2.05) is 0 Å². The average molecular weight is 582 g/mol. The van der Waals surface area contributed by atoms with Crippen molar-refractivity contribution in [1.29, 1.82) is 0 Å². The van der Waals surface area contributed by atoms with Crippen LogP contribution in [0.5, 0.6) is 11.6 Å². The lowest BCUT2D eigenvalue weighted by Gasteiger charge is -2.35. The Morgan fingerprint density at radius 2 is 2.13 bits per heavy atom. The Morgan fingerprint density at radius 1 is 1.33 bits per heavy atom. The van der Waals surface area contributed by atoms with E-state index in [2.05, 4.69) is 15.7 Å². The molecule has 2 aromatic carbocycles. The number of amides is 1. The molecular formula is C25H29ClFN5O6S. The molecule has 0 spiro atoms. The second kappa shape index (κ2) is 12.1. The number of aryl methyl sites for hydroxylation is 1. The van der Waals surface area contributed by atoms with E-state index in [1.165, 1.54) is 34.2 Å². The third-order valence-electron chi connectivity index (χ3n) is 5.92. The number of rotatable bonds is 11. The van der Waals surface area contributed by atoms with Gasteiger partial charge in [-0.2, -0.15) is 0 Å². The molecule has 0 aliphatic carbocycles. The summed E-state index contributed by atoms with van der Waals surface area (Å²) in [6.45, 7) is 3.11. The van der Waals surface area contributed by atoms with Crippen molar-refractivity contribution in [2.75, 3.05) is 35.9 Å². The minimum atomic E-state index is -4.25. The van der Waals surface area contributed by atoms with Crippen molar-refractivity contribution in [3.63, 3.8) is 0 Å². The fourth-order valence-corrected chi connectivity index (χ4v) is 5.80. The largest absolute Gasteiger partial charge is 0.484 e. The van der Waals surface area contributed by atoms with Gasteiger partial charge in [-0.25, -0.2) is 12.8 Å². The number of fused-ring (bicyclic) bond motifs is 1. The highest BCUT2D eigenvalue weighted by Crippen LogP contribution is 2.40. The van der Waals surface area contributed by atoms with Gasteiger partial charge >= 0.3 is 0 Å². The van der Waals surface area contributed by atoms with Gasteiger partial charge in [0.1, 0.15) is 24.3 Å². The average Bonchev–Trinajstić information content (AvgIpc) is 3.34. The lowest BCUT2D eigenvalue weighted by Crippen LogP contribution is -2.48. The second-order valence-corrected chi connectivity index (χ2v) is 10.9. The molecule has 1 amide bonds. The number of nitrogens with one attached hydrogen (secondary N) is 2. The van der Waals surface area contributed by atoms with Crippen LogP contribution in [0, 0.1) is 5.82 Å². The zero-order valence-electron chi connectivity index (χ0n) is 21.4. The van der Waals surface area contributed by atoms with Crippen LogP contribution in [0.15, 0.2) is 47.5 Å². The van der Waals surface area contributed by atoms with Crippen molar-refractivity contribution in [2.45, 2.75) is 37.9 Å². The number of sulfonamides is 1. The molecule has 0 bridgehead atoms. The summed E-state index contributed by atoms with van der Waals surface area (Å²) in [6, 6.07) is 9.25. The number of benzene rings is 2. The van der Waals surface area contributed by atoms with Gasteiger partial charge in [-0.3, -0.25) is 13.8 Å². The van der Waals surface area contributed by atoms with E-state index in [1.54, 1.807) is 31.2 Å². The number of carbonyl (C=O) groups excluding carboxylic acids is 1. The smallest absolute Gasteiger partial charge is 0.271 e. The zero-order valence-corrected chi connectivity index (χ0v) is 22.9. The standard InChI is InChI=1S/C25H29ClFN5O6S/c1-3-31-15-24(25(30-31)37-10-9-33)39(35,36)32-14-18(12-28-16(2)34)38-23-8-7-17(11-22(23)32)29-13-19-20(26)5-4-6-21(19)27/h4-8,11,15,18,29,33H,3,9-10,12-14H2,1-2H3,(H,28,34)/t18-/m0/s1. The van der Waals surface area contributed by atoms with Crippen LogP contribution in [0.1, 0.15) is 19.4 Å². The van der Waals surface area contributed by atoms with E-state index in [0.717, 1.165) is 0 Å². The van der Waals surface area contributed by atoms with Gasteiger partial charge in [0.25, 0.3) is 15.9 Å². The first-order chi connectivity index (χ1) is 18.6. The highest BCUT2D eigenvalue weighted by Gasteiger charge is 2.38. The summed E-state index contributed by atoms with van der Waals surface area (Å²) >= 11 is 6.14. The first-order valence-electron chi connectivity index (χ1n) is 12.2. The van der Waals surface area contributed by atoms with Crippen LogP contribution in [0.25, 0.3) is 0 Å². The minimum absolute atomic E-state index is 0.0610. The van der Waals surface area contributed by atoms with E-state index in [-0.39, 0.29) is 71.6 Å². The zero-order chi connectivity index (χ0) is 28.2. The molecule has 0 saturated heterocycles. The quantitative estimate of drug-likeness (QED) is 0.315. The molecule has 14 heteroatoms. The molecule has 3 aromatic rings. The molecule has 210 valence electrons. The van der Waals surface area contributed by atoms with Gasteiger partial charge in [-0.15, -0.1) is 5.10 Å². The number of hydrogen-bond donors (Lipinski definition) is 3. The summed E-state index contributed by atoms with van der Waals surface area (Å²) in [6.07, 6.45) is 0.678. The highest BCUT2D eigenvalue weighted by atomic mass is 35.5. The summed E-state index contributed by atoms with van der Waals surface area (Å²) in [7, 11) is -4.25. The van der Waals surface area contributed by atoms with Crippen molar-refractivity contribution < 1.29 is 32.2 Å². The Hall–Kier alpha value is -3.55. The predicted molar refractivity (Wildman–Crippen MR) is 143 cm³/mol. The van der Waals surface area contributed by atoms with Gasteiger partial charge in [0.15, 0.2) is 4.90 Å². The fraction of sp³-hybridized carbons (Fsp3) is 0.360. The molecule has 1 atom stereocenters. The number of ether oxygens (including phenoxy) is 2. The van der Waals surface area contributed by atoms with Gasteiger partial charge in [-0.05, 0) is 37.3 Å². The van der Waals surface area contributed by atoms with E-state index >= 15 is 0 Å². The number of nitrogens with zero attached hydrogens (tertiary/aromatic N) is 3. The van der Waals surface area contributed by atoms with Gasteiger partial charge in [0.2, 0.25) is 5.91 Å². The Morgan fingerprint density at radius 3 is 2.82 bits per heavy atom. The normalized spacial score (nSPS) is 14.9. The van der Waals surface area contributed by atoms with Crippen molar-refractivity contribution in [3.8, 4) is 11.6 Å². The van der Waals surface area contributed by atoms with Crippen LogP contribution in [0.3, 0.4) is 0 Å². The van der Waals surface area contributed by atoms with Crippen molar-refractivity contribution in [2.24, 2.45) is 0 Å². The fourth-order valence-electron chi connectivity index (χ4n) is 3.99. The third-order valence-corrected chi connectivity index (χ3v) is 8.03. The Balaban J connectivity index is 1.71. The molecule has 1 aliphatic heterocycles. The molecule has 3 N–H and O–H groups in total. The van der Waals surface area contributed by atoms with Crippen LogP contribution in [-0.4, -0.2) is 61.6 Å². The molecule has 11 nitrogen and oxygen atoms in total. The summed E-state index contributed by atoms with van der Waals surface area (Å²) < 4.78 is 56.4. The van der Waals surface area contributed by atoms with Crippen LogP contribution in [0.2, 0.25) is 5.02 Å². The first kappa shape index (κ1) is 28.5. The van der Waals surface area contributed by atoms with Crippen LogP contribution >= 0.6 is 11.6 Å². The summed E-state index contributed by atoms with van der Waals surface area (Å²) in [5, 5.41) is 19.4. The monoisotopic (exact) mass is 581 g/mol. The SMILES string of the molecule is CCn1cc(S(=O)(=O)N2C[C@H](CNC(C)=O)Oc3ccc(NCc4c(F)cccc4Cl)cc32)c(OCCO)n1. The molecule has 0 saturated carbocycles. The Kier molecular flexibility index (Phi) is 8.83. The topological polar surface area (TPSA) is 135 Å². The van der Waals surface area contributed by atoms with Crippen molar-refractivity contribution in [1.82, 2.24) is 15.1 Å². The Bertz CT molecular complexity index is 1430. The maximum absolute atomic E-state index is 14.3.